The number of amides is 2. The molecule has 2 amide bonds. The number of carbonyl (C=O) groups excluding carboxylic acids is 2. The SMILES string of the molecule is CNC(=O)c1csc2c(C(F)(F)F)cc(C3N(C(=O)OC(C)(C)C)CC34CCC4)nc12. The first kappa shape index (κ1) is 21.9. The van der Waals surface area contributed by atoms with Crippen molar-refractivity contribution >= 4 is 33.6 Å². The molecular weight excluding hydrogens is 431 g/mol. The topological polar surface area (TPSA) is 71.5 Å². The van der Waals surface area contributed by atoms with E-state index >= 15 is 0 Å². The molecule has 1 aliphatic carbocycles. The number of aromatic nitrogens is 1. The van der Waals surface area contributed by atoms with E-state index < -0.39 is 35.4 Å². The van der Waals surface area contributed by atoms with Gasteiger partial charge in [-0.2, -0.15) is 13.2 Å². The Morgan fingerprint density at radius 3 is 2.48 bits per heavy atom. The van der Waals surface area contributed by atoms with Crippen LogP contribution >= 0.6 is 11.3 Å². The van der Waals surface area contributed by atoms with Gasteiger partial charge in [-0.1, -0.05) is 6.42 Å². The van der Waals surface area contributed by atoms with Crippen LogP contribution in [0.15, 0.2) is 11.4 Å². The third kappa shape index (κ3) is 3.64. The Labute approximate surface area is 181 Å². The minimum Gasteiger partial charge on any atom is -0.444 e. The number of hydrogen-bond donors (Lipinski definition) is 1. The summed E-state index contributed by atoms with van der Waals surface area (Å²) >= 11 is 0.843. The van der Waals surface area contributed by atoms with Gasteiger partial charge in [0, 0.05) is 24.4 Å². The number of halogens is 3. The molecule has 1 aliphatic heterocycles. The third-order valence-electron chi connectivity index (χ3n) is 5.95. The first-order valence-corrected chi connectivity index (χ1v) is 11.0. The number of hydrogen-bond acceptors (Lipinski definition) is 5. The molecule has 2 aliphatic rings. The van der Waals surface area contributed by atoms with Crippen molar-refractivity contribution in [2.45, 2.75) is 57.9 Å². The molecule has 2 aromatic rings. The van der Waals surface area contributed by atoms with Crippen LogP contribution in [-0.2, 0) is 10.9 Å². The van der Waals surface area contributed by atoms with Crippen LogP contribution in [0.1, 0.15) is 67.7 Å². The largest absolute Gasteiger partial charge is 0.444 e. The number of pyridine rings is 1. The van der Waals surface area contributed by atoms with E-state index in [2.05, 4.69) is 10.3 Å². The molecule has 1 saturated heterocycles. The minimum absolute atomic E-state index is 0.0136. The highest BCUT2D eigenvalue weighted by Gasteiger charge is 2.60. The molecule has 1 unspecified atom stereocenters. The second kappa shape index (κ2) is 7.08. The van der Waals surface area contributed by atoms with Gasteiger partial charge in [0.05, 0.1) is 33.1 Å². The lowest BCUT2D eigenvalue weighted by atomic mass is 9.57. The summed E-state index contributed by atoms with van der Waals surface area (Å²) in [6.07, 6.45) is -2.61. The van der Waals surface area contributed by atoms with Gasteiger partial charge in [0.25, 0.3) is 5.91 Å². The summed E-state index contributed by atoms with van der Waals surface area (Å²) < 4.78 is 47.1. The normalized spacial score (nSPS) is 20.4. The number of nitrogens with one attached hydrogen (secondary N) is 1. The van der Waals surface area contributed by atoms with Crippen molar-refractivity contribution in [3.05, 3.63) is 28.3 Å². The van der Waals surface area contributed by atoms with E-state index in [4.69, 9.17) is 4.74 Å². The van der Waals surface area contributed by atoms with E-state index in [0.717, 1.165) is 36.7 Å². The van der Waals surface area contributed by atoms with E-state index in [1.54, 1.807) is 20.8 Å². The Morgan fingerprint density at radius 1 is 1.29 bits per heavy atom. The number of alkyl halides is 3. The zero-order chi connectivity index (χ0) is 22.8. The quantitative estimate of drug-likeness (QED) is 0.681. The second-order valence-electron chi connectivity index (χ2n) is 9.23. The Kier molecular flexibility index (Phi) is 4.99. The summed E-state index contributed by atoms with van der Waals surface area (Å²) in [5.41, 5.74) is -1.58. The summed E-state index contributed by atoms with van der Waals surface area (Å²) in [7, 11) is 1.42. The fourth-order valence-electron chi connectivity index (χ4n) is 4.44. The van der Waals surface area contributed by atoms with E-state index in [1.165, 1.54) is 17.3 Å². The lowest BCUT2D eigenvalue weighted by Crippen LogP contribution is -2.64. The molecule has 6 nitrogen and oxygen atoms in total. The number of fused-ring (bicyclic) bond motifs is 1. The average Bonchev–Trinajstić information content (AvgIpc) is 2.99. The Morgan fingerprint density at radius 2 is 1.97 bits per heavy atom. The maximum absolute atomic E-state index is 13.9. The molecule has 3 heterocycles. The van der Waals surface area contributed by atoms with Crippen LogP contribution in [0.4, 0.5) is 18.0 Å². The highest BCUT2D eigenvalue weighted by molar-refractivity contribution is 7.17. The zero-order valence-corrected chi connectivity index (χ0v) is 18.5. The maximum atomic E-state index is 13.9. The third-order valence-corrected chi connectivity index (χ3v) is 6.96. The van der Waals surface area contributed by atoms with Crippen LogP contribution in [0, 0.1) is 5.41 Å². The summed E-state index contributed by atoms with van der Waals surface area (Å²) in [5, 5.41) is 3.84. The molecule has 2 aromatic heterocycles. The molecule has 0 bridgehead atoms. The van der Waals surface area contributed by atoms with Crippen molar-refractivity contribution in [2.75, 3.05) is 13.6 Å². The second-order valence-corrected chi connectivity index (χ2v) is 10.1. The lowest BCUT2D eigenvalue weighted by Gasteiger charge is -2.61. The van der Waals surface area contributed by atoms with E-state index in [9.17, 15) is 22.8 Å². The highest BCUT2D eigenvalue weighted by atomic mass is 32.1. The lowest BCUT2D eigenvalue weighted by molar-refractivity contribution is -0.137. The van der Waals surface area contributed by atoms with Crippen molar-refractivity contribution in [1.29, 1.82) is 0 Å². The Balaban J connectivity index is 1.84. The number of thiophene rings is 1. The van der Waals surface area contributed by atoms with Gasteiger partial charge in [0.15, 0.2) is 0 Å². The molecule has 1 atom stereocenters. The van der Waals surface area contributed by atoms with Crippen molar-refractivity contribution in [3.8, 4) is 0 Å². The van der Waals surface area contributed by atoms with Gasteiger partial charge >= 0.3 is 12.3 Å². The molecule has 1 saturated carbocycles. The van der Waals surface area contributed by atoms with Crippen molar-refractivity contribution < 1.29 is 27.5 Å². The van der Waals surface area contributed by atoms with Gasteiger partial charge < -0.3 is 10.1 Å². The molecule has 1 N–H and O–H groups in total. The smallest absolute Gasteiger partial charge is 0.417 e. The molecule has 31 heavy (non-hydrogen) atoms. The molecule has 0 aromatic carbocycles. The average molecular weight is 456 g/mol. The first-order chi connectivity index (χ1) is 14.4. The van der Waals surface area contributed by atoms with Crippen molar-refractivity contribution in [1.82, 2.24) is 15.2 Å². The predicted molar refractivity (Wildman–Crippen MR) is 110 cm³/mol. The van der Waals surface area contributed by atoms with Gasteiger partial charge in [-0.05, 0) is 39.7 Å². The minimum atomic E-state index is -4.62. The summed E-state index contributed by atoms with van der Waals surface area (Å²) in [6, 6.07) is 0.423. The van der Waals surface area contributed by atoms with E-state index in [1.807, 2.05) is 0 Å². The summed E-state index contributed by atoms with van der Waals surface area (Å²) in [5.74, 6) is -0.500. The zero-order valence-electron chi connectivity index (χ0n) is 17.7. The number of nitrogens with zero attached hydrogens (tertiary/aromatic N) is 2. The van der Waals surface area contributed by atoms with Crippen molar-refractivity contribution in [3.63, 3.8) is 0 Å². The van der Waals surface area contributed by atoms with Gasteiger partial charge in [0.2, 0.25) is 0 Å². The van der Waals surface area contributed by atoms with Crippen LogP contribution < -0.4 is 5.32 Å². The fraction of sp³-hybridized carbons (Fsp3) is 0.571. The van der Waals surface area contributed by atoms with Gasteiger partial charge in [-0.15, -0.1) is 11.3 Å². The molecule has 2 fully saturated rings. The highest BCUT2D eigenvalue weighted by Crippen LogP contribution is 2.61. The number of ether oxygens (including phenoxy) is 1. The van der Waals surface area contributed by atoms with Crippen LogP contribution in [0.25, 0.3) is 10.2 Å². The van der Waals surface area contributed by atoms with E-state index in [0.29, 0.717) is 6.54 Å². The van der Waals surface area contributed by atoms with Gasteiger partial charge in [-0.3, -0.25) is 9.69 Å². The van der Waals surface area contributed by atoms with Crippen LogP contribution in [0.2, 0.25) is 0 Å². The summed E-state index contributed by atoms with van der Waals surface area (Å²) in [6.45, 7) is 5.66. The van der Waals surface area contributed by atoms with Crippen LogP contribution in [-0.4, -0.2) is 41.1 Å². The Hall–Kier alpha value is -2.36. The first-order valence-electron chi connectivity index (χ1n) is 10.1. The Bertz CT molecular complexity index is 1050. The summed E-state index contributed by atoms with van der Waals surface area (Å²) in [4.78, 5) is 31.0. The molecule has 4 rings (SSSR count). The maximum Gasteiger partial charge on any atom is 0.417 e. The van der Waals surface area contributed by atoms with Crippen LogP contribution in [0.3, 0.4) is 0 Å². The van der Waals surface area contributed by atoms with Gasteiger partial charge in [-0.25, -0.2) is 9.78 Å². The monoisotopic (exact) mass is 455 g/mol. The fourth-order valence-corrected chi connectivity index (χ4v) is 5.46. The molecule has 10 heteroatoms. The van der Waals surface area contributed by atoms with Gasteiger partial charge in [0.1, 0.15) is 5.60 Å². The standard InChI is InChI=1S/C21H24F3N3O3S/c1-19(2,3)30-18(29)27-10-20(6-5-7-20)16(27)13-8-12(21(22,23)24)15-14(26-13)11(9-31-15)17(28)25-4/h8-9,16H,5-7,10H2,1-4H3,(H,25,28). The number of rotatable bonds is 2. The molecular formula is C21H24F3N3O3S. The van der Waals surface area contributed by atoms with E-state index in [-0.39, 0.29) is 26.9 Å². The van der Waals surface area contributed by atoms with Crippen molar-refractivity contribution in [2.24, 2.45) is 5.41 Å². The molecule has 1 spiro atoms. The molecule has 0 radical (unpaired) electrons. The van der Waals surface area contributed by atoms with Crippen LogP contribution in [0.5, 0.6) is 0 Å². The number of likely N-dealkylation sites (tertiary alicyclic amines) is 1. The molecule has 168 valence electrons. The number of carbonyl (C=O) groups is 2. The predicted octanol–water partition coefficient (Wildman–Crippen LogP) is 5.14.